The van der Waals surface area contributed by atoms with Gasteiger partial charge in [0.2, 0.25) is 4.77 Å². The van der Waals surface area contributed by atoms with E-state index in [2.05, 4.69) is 15.3 Å². The summed E-state index contributed by atoms with van der Waals surface area (Å²) in [5.41, 5.74) is 0. The average molecular weight is 404 g/mol. The lowest BCUT2D eigenvalue weighted by atomic mass is 10.3. The van der Waals surface area contributed by atoms with E-state index in [9.17, 15) is 0 Å². The van der Waals surface area contributed by atoms with Crippen LogP contribution in [0.25, 0.3) is 0 Å². The Bertz CT molecular complexity index is 924. The quantitative estimate of drug-likeness (QED) is 0.483. The lowest BCUT2D eigenvalue weighted by molar-refractivity contribution is 0.270. The zero-order valence-corrected chi connectivity index (χ0v) is 15.0. The summed E-state index contributed by atoms with van der Waals surface area (Å²) in [5.74, 6) is 1.46. The highest BCUT2D eigenvalue weighted by Gasteiger charge is 2.10. The van der Waals surface area contributed by atoms with Gasteiger partial charge in [0, 0.05) is 5.02 Å². The van der Waals surface area contributed by atoms with Crippen LogP contribution >= 0.6 is 47.0 Å². The number of rotatable bonds is 5. The Kier molecular flexibility index (Phi) is 5.25. The Hall–Kier alpha value is -1.80. The highest BCUT2D eigenvalue weighted by molar-refractivity contribution is 7.71. The SMILES string of the molecule is S=c1[nH]ncn1/N=C\c1ccc(COc2c(Cl)cc(Cl)cc2Cl)o1. The largest absolute Gasteiger partial charge is 0.483 e. The maximum absolute atomic E-state index is 6.06. The van der Waals surface area contributed by atoms with Gasteiger partial charge in [0.1, 0.15) is 24.5 Å². The van der Waals surface area contributed by atoms with Crippen molar-refractivity contribution in [1.29, 1.82) is 0 Å². The van der Waals surface area contributed by atoms with Crippen LogP contribution in [0, 0.1) is 4.77 Å². The van der Waals surface area contributed by atoms with Gasteiger partial charge in [-0.15, -0.1) is 0 Å². The van der Waals surface area contributed by atoms with Gasteiger partial charge in [0.05, 0.1) is 16.3 Å². The van der Waals surface area contributed by atoms with E-state index in [4.69, 9.17) is 56.2 Å². The predicted molar refractivity (Wildman–Crippen MR) is 94.9 cm³/mol. The molecule has 0 aliphatic heterocycles. The highest BCUT2D eigenvalue weighted by atomic mass is 35.5. The molecule has 124 valence electrons. The van der Waals surface area contributed by atoms with Crippen LogP contribution in [0.5, 0.6) is 5.75 Å². The Morgan fingerprint density at radius 1 is 1.29 bits per heavy atom. The summed E-state index contributed by atoms with van der Waals surface area (Å²) in [7, 11) is 0. The van der Waals surface area contributed by atoms with Crippen LogP contribution in [-0.2, 0) is 6.61 Å². The molecule has 0 atom stereocenters. The molecule has 1 N–H and O–H groups in total. The van der Waals surface area contributed by atoms with Crippen molar-refractivity contribution in [2.45, 2.75) is 6.61 Å². The molecule has 6 nitrogen and oxygen atoms in total. The van der Waals surface area contributed by atoms with Crippen LogP contribution in [0.3, 0.4) is 0 Å². The molecule has 0 spiro atoms. The number of furan rings is 1. The third-order valence-electron chi connectivity index (χ3n) is 2.85. The summed E-state index contributed by atoms with van der Waals surface area (Å²) < 4.78 is 13.0. The van der Waals surface area contributed by atoms with Crippen molar-refractivity contribution in [3.05, 3.63) is 62.0 Å². The topological polar surface area (TPSA) is 68.3 Å². The first-order valence-corrected chi connectivity index (χ1v) is 8.09. The number of hydrogen-bond acceptors (Lipinski definition) is 5. The minimum absolute atomic E-state index is 0.153. The molecule has 2 heterocycles. The molecule has 10 heteroatoms. The fourth-order valence-electron chi connectivity index (χ4n) is 1.80. The van der Waals surface area contributed by atoms with Crippen molar-refractivity contribution in [2.24, 2.45) is 5.10 Å². The molecule has 0 saturated carbocycles. The molecule has 0 radical (unpaired) electrons. The second kappa shape index (κ2) is 7.40. The van der Waals surface area contributed by atoms with Gasteiger partial charge in [0.25, 0.3) is 0 Å². The number of halogens is 3. The van der Waals surface area contributed by atoms with Crippen molar-refractivity contribution in [3.63, 3.8) is 0 Å². The van der Waals surface area contributed by atoms with Crippen LogP contribution in [0.1, 0.15) is 11.5 Å². The number of H-pyrrole nitrogens is 1. The van der Waals surface area contributed by atoms with Crippen molar-refractivity contribution in [3.8, 4) is 5.75 Å². The number of hydrogen-bond donors (Lipinski definition) is 1. The molecule has 0 amide bonds. The monoisotopic (exact) mass is 402 g/mol. The lowest BCUT2D eigenvalue weighted by Crippen LogP contribution is -1.95. The van der Waals surface area contributed by atoms with Crippen LogP contribution in [0.2, 0.25) is 15.1 Å². The summed E-state index contributed by atoms with van der Waals surface area (Å²) in [6.45, 7) is 0.153. The number of nitrogens with one attached hydrogen (secondary N) is 1. The minimum Gasteiger partial charge on any atom is -0.483 e. The van der Waals surface area contributed by atoms with Gasteiger partial charge in [-0.3, -0.25) is 5.10 Å². The molecular formula is C14H9Cl3N4O2S. The summed E-state index contributed by atoms with van der Waals surface area (Å²) in [6, 6.07) is 6.61. The fourth-order valence-corrected chi connectivity index (χ4v) is 2.87. The second-order valence-corrected chi connectivity index (χ2v) is 6.18. The van der Waals surface area contributed by atoms with E-state index in [-0.39, 0.29) is 6.61 Å². The molecule has 1 aromatic carbocycles. The van der Waals surface area contributed by atoms with Crippen molar-refractivity contribution >= 4 is 53.2 Å². The van der Waals surface area contributed by atoms with Gasteiger partial charge in [-0.25, -0.2) is 0 Å². The van der Waals surface area contributed by atoms with E-state index >= 15 is 0 Å². The van der Waals surface area contributed by atoms with Gasteiger partial charge in [-0.05, 0) is 36.5 Å². The summed E-state index contributed by atoms with van der Waals surface area (Å²) in [5, 5.41) is 11.6. The van der Waals surface area contributed by atoms with Gasteiger partial charge < -0.3 is 9.15 Å². The Labute approximate surface area is 156 Å². The third-order valence-corrected chi connectivity index (χ3v) is 3.91. The molecule has 3 aromatic rings. The lowest BCUT2D eigenvalue weighted by Gasteiger charge is -2.08. The summed E-state index contributed by atoms with van der Waals surface area (Å²) >= 11 is 23.0. The molecule has 0 aliphatic carbocycles. The van der Waals surface area contributed by atoms with Crippen molar-refractivity contribution in [2.75, 3.05) is 0 Å². The van der Waals surface area contributed by atoms with Crippen LogP contribution in [0.15, 0.2) is 40.1 Å². The number of nitrogens with zero attached hydrogens (tertiary/aromatic N) is 3. The first kappa shape index (κ1) is 17.0. The van der Waals surface area contributed by atoms with Crippen molar-refractivity contribution < 1.29 is 9.15 Å². The first-order chi connectivity index (χ1) is 11.5. The number of ether oxygens (including phenoxy) is 1. The van der Waals surface area contributed by atoms with E-state index in [1.165, 1.54) is 17.2 Å². The third kappa shape index (κ3) is 3.99. The van der Waals surface area contributed by atoms with Crippen molar-refractivity contribution in [1.82, 2.24) is 14.9 Å². The minimum atomic E-state index is 0.153. The molecule has 2 aromatic heterocycles. The van der Waals surface area contributed by atoms with E-state index in [1.807, 2.05) is 0 Å². The molecule has 0 bridgehead atoms. The van der Waals surface area contributed by atoms with E-state index in [0.29, 0.717) is 37.1 Å². The highest BCUT2D eigenvalue weighted by Crippen LogP contribution is 2.36. The standard InChI is InChI=1S/C14H9Cl3N4O2S/c15-8-3-11(16)13(12(17)4-8)22-6-10-2-1-9(23-10)5-19-21-7-18-20-14(21)24/h1-5,7H,6H2,(H,20,24)/b19-5-. The maximum atomic E-state index is 6.06. The molecule has 0 fully saturated rings. The molecular weight excluding hydrogens is 395 g/mol. The fraction of sp³-hybridized carbons (Fsp3) is 0.0714. The van der Waals surface area contributed by atoms with Gasteiger partial charge >= 0.3 is 0 Å². The molecule has 0 saturated heterocycles. The predicted octanol–water partition coefficient (Wildman–Crippen LogP) is 4.96. The first-order valence-electron chi connectivity index (χ1n) is 6.55. The van der Waals surface area contributed by atoms with E-state index in [1.54, 1.807) is 24.3 Å². The number of aromatic amines is 1. The Morgan fingerprint density at radius 2 is 2.04 bits per heavy atom. The average Bonchev–Trinajstić information content (AvgIpc) is 3.13. The van der Waals surface area contributed by atoms with Gasteiger partial charge in [-0.2, -0.15) is 14.9 Å². The summed E-state index contributed by atoms with van der Waals surface area (Å²) in [6.07, 6.45) is 2.97. The normalized spacial score (nSPS) is 11.3. The Morgan fingerprint density at radius 3 is 2.71 bits per heavy atom. The zero-order chi connectivity index (χ0) is 17.1. The summed E-state index contributed by atoms with van der Waals surface area (Å²) in [4.78, 5) is 0. The van der Waals surface area contributed by atoms with Crippen LogP contribution in [-0.4, -0.2) is 21.1 Å². The molecule has 0 aliphatic rings. The van der Waals surface area contributed by atoms with Gasteiger partial charge in [0.15, 0.2) is 5.75 Å². The molecule has 3 rings (SSSR count). The van der Waals surface area contributed by atoms with E-state index < -0.39 is 0 Å². The van der Waals surface area contributed by atoms with E-state index in [0.717, 1.165) is 0 Å². The van der Waals surface area contributed by atoms with Crippen LogP contribution in [0.4, 0.5) is 0 Å². The zero-order valence-electron chi connectivity index (χ0n) is 11.9. The molecule has 0 unspecified atom stereocenters. The number of benzene rings is 1. The van der Waals surface area contributed by atoms with Gasteiger partial charge in [-0.1, -0.05) is 34.8 Å². The second-order valence-electron chi connectivity index (χ2n) is 4.54. The Balaban J connectivity index is 1.68. The maximum Gasteiger partial charge on any atom is 0.216 e. The number of aromatic nitrogens is 3. The molecule has 24 heavy (non-hydrogen) atoms. The smallest absolute Gasteiger partial charge is 0.216 e. The van der Waals surface area contributed by atoms with Crippen LogP contribution < -0.4 is 4.74 Å².